The molecule has 176 valence electrons. The third-order valence-corrected chi connectivity index (χ3v) is 3.86. The molecule has 6 atom stereocenters. The Labute approximate surface area is 231 Å². The summed E-state index contributed by atoms with van der Waals surface area (Å²) < 4.78 is 19.2. The van der Waals surface area contributed by atoms with Crippen molar-refractivity contribution >= 4 is 24.5 Å². The Morgan fingerprint density at radius 2 is 1.38 bits per heavy atom. The molecule has 0 amide bonds. The number of hydrogen-bond donors (Lipinski definition) is 2. The standard InChI is InChI=1S/C9H18O6.C9H14O6.2Na/c2*1-3-6(4-10)15-8(9(12)13)7(5-11)14-2;;/h6-8,10-11H,3-5H2,1-2H3,(H,12,13);4-8H,3H2,1-2H3,(H,12,13);;/q;;2*+1/p-2. The number of carboxylic acids is 2. The van der Waals surface area contributed by atoms with Crippen LogP contribution >= 0.6 is 0 Å². The topological polar surface area (TPSA) is 192 Å². The largest absolute Gasteiger partial charge is 1.00 e. The van der Waals surface area contributed by atoms with Crippen LogP contribution in [0, 0.1) is 0 Å². The molecule has 0 rings (SSSR count). The predicted molar refractivity (Wildman–Crippen MR) is 95.8 cm³/mol. The van der Waals surface area contributed by atoms with Gasteiger partial charge in [0, 0.05) is 14.2 Å². The molecule has 0 heterocycles. The normalized spacial score (nSPS) is 15.7. The van der Waals surface area contributed by atoms with E-state index in [1.54, 1.807) is 13.8 Å². The second-order valence-electron chi connectivity index (χ2n) is 5.84. The molecule has 2 N–H and O–H groups in total. The van der Waals surface area contributed by atoms with Crippen molar-refractivity contribution in [3.05, 3.63) is 0 Å². The van der Waals surface area contributed by atoms with E-state index < -0.39 is 55.2 Å². The Balaban J connectivity index is -0.000000231. The molecule has 0 aliphatic heterocycles. The molecule has 0 aliphatic rings. The van der Waals surface area contributed by atoms with E-state index in [1.807, 2.05) is 0 Å². The van der Waals surface area contributed by atoms with Crippen LogP contribution in [0.1, 0.15) is 26.7 Å². The monoisotopic (exact) mass is 484 g/mol. The van der Waals surface area contributed by atoms with Gasteiger partial charge in [0.25, 0.3) is 0 Å². The van der Waals surface area contributed by atoms with Crippen molar-refractivity contribution in [3.63, 3.8) is 0 Å². The smallest absolute Gasteiger partial charge is 0.547 e. The fourth-order valence-corrected chi connectivity index (χ4v) is 1.99. The van der Waals surface area contributed by atoms with Crippen molar-refractivity contribution in [1.82, 2.24) is 0 Å². The maximum absolute atomic E-state index is 10.7. The van der Waals surface area contributed by atoms with Gasteiger partial charge in [-0.1, -0.05) is 13.8 Å². The minimum atomic E-state index is -1.59. The van der Waals surface area contributed by atoms with Crippen molar-refractivity contribution in [2.75, 3.05) is 27.4 Å². The third-order valence-electron chi connectivity index (χ3n) is 3.86. The predicted octanol–water partition coefficient (Wildman–Crippen LogP) is -9.78. The van der Waals surface area contributed by atoms with Gasteiger partial charge in [-0.3, -0.25) is 0 Å². The molecule has 0 fully saturated rings. The maximum atomic E-state index is 10.7. The molecule has 0 aromatic rings. The van der Waals surface area contributed by atoms with Crippen LogP contribution < -0.4 is 69.3 Å². The molecular formula is C18H30Na2O12. The molecule has 32 heavy (non-hydrogen) atoms. The van der Waals surface area contributed by atoms with Gasteiger partial charge in [0.05, 0.1) is 31.3 Å². The van der Waals surface area contributed by atoms with Crippen LogP contribution in [0.15, 0.2) is 0 Å². The zero-order chi connectivity index (χ0) is 23.7. The first kappa shape index (κ1) is 39.3. The van der Waals surface area contributed by atoms with E-state index >= 15 is 0 Å². The molecule has 0 radical (unpaired) electrons. The van der Waals surface area contributed by atoms with Crippen LogP contribution in [0.4, 0.5) is 0 Å². The summed E-state index contributed by atoms with van der Waals surface area (Å²) in [6.45, 7) is 2.61. The Kier molecular flexibility index (Phi) is 29.7. The van der Waals surface area contributed by atoms with Crippen molar-refractivity contribution < 1.29 is 118 Å². The second kappa shape index (κ2) is 24.2. The van der Waals surface area contributed by atoms with Gasteiger partial charge in [-0.05, 0) is 12.8 Å². The van der Waals surface area contributed by atoms with E-state index in [-0.39, 0.29) is 72.0 Å². The van der Waals surface area contributed by atoms with Crippen LogP contribution in [0.25, 0.3) is 0 Å². The molecule has 0 saturated carbocycles. The fraction of sp³-hybridized carbons (Fsp3) is 0.778. The van der Waals surface area contributed by atoms with Crippen LogP contribution in [-0.2, 0) is 38.1 Å². The molecule has 0 aromatic carbocycles. The summed E-state index contributed by atoms with van der Waals surface area (Å²) in [5.41, 5.74) is 0. The van der Waals surface area contributed by atoms with Crippen LogP contribution in [0.3, 0.4) is 0 Å². The van der Waals surface area contributed by atoms with Gasteiger partial charge in [0.2, 0.25) is 0 Å². The average molecular weight is 484 g/mol. The average Bonchev–Trinajstić information content (AvgIpc) is 2.74. The number of methoxy groups -OCH3 is 2. The summed E-state index contributed by atoms with van der Waals surface area (Å²) in [4.78, 5) is 42.2. The minimum Gasteiger partial charge on any atom is -0.547 e. The summed E-state index contributed by atoms with van der Waals surface area (Å²) >= 11 is 0. The quantitative estimate of drug-likeness (QED) is 0.155. The van der Waals surface area contributed by atoms with Gasteiger partial charge in [-0.15, -0.1) is 0 Å². The zero-order valence-corrected chi connectivity index (χ0v) is 23.4. The number of aldehydes is 2. The minimum absolute atomic E-state index is 0. The number of ether oxygens (including phenoxy) is 4. The first-order valence-corrected chi connectivity index (χ1v) is 9.11. The maximum Gasteiger partial charge on any atom is 1.00 e. The Morgan fingerprint density at radius 1 is 0.844 bits per heavy atom. The SMILES string of the molecule is CCC(C=O)OC(C(=O)[O-])C(C=O)OC.CCC(CO)OC(C(=O)[O-])C(CO)OC.[Na+].[Na+]. The molecule has 12 nitrogen and oxygen atoms in total. The van der Waals surface area contributed by atoms with E-state index in [0.717, 1.165) is 0 Å². The Bertz CT molecular complexity index is 500. The number of hydrogen-bond acceptors (Lipinski definition) is 12. The van der Waals surface area contributed by atoms with E-state index in [1.165, 1.54) is 14.2 Å². The Hall–Kier alpha value is 0.0400. The van der Waals surface area contributed by atoms with Crippen LogP contribution in [0.2, 0.25) is 0 Å². The van der Waals surface area contributed by atoms with Crippen molar-refractivity contribution in [1.29, 1.82) is 0 Å². The molecular weight excluding hydrogens is 454 g/mol. The van der Waals surface area contributed by atoms with Gasteiger partial charge in [-0.25, -0.2) is 0 Å². The molecule has 6 unspecified atom stereocenters. The van der Waals surface area contributed by atoms with Gasteiger partial charge < -0.3 is 58.6 Å². The first-order valence-electron chi connectivity index (χ1n) is 9.11. The molecule has 14 heteroatoms. The van der Waals surface area contributed by atoms with E-state index in [0.29, 0.717) is 19.1 Å². The molecule has 0 aromatic heterocycles. The van der Waals surface area contributed by atoms with Crippen molar-refractivity contribution in [2.45, 2.75) is 63.3 Å². The number of carbonyl (C=O) groups excluding carboxylic acids is 4. The summed E-state index contributed by atoms with van der Waals surface area (Å²) in [7, 11) is 2.43. The van der Waals surface area contributed by atoms with Crippen LogP contribution in [-0.4, -0.2) is 98.8 Å². The van der Waals surface area contributed by atoms with Gasteiger partial charge >= 0.3 is 59.1 Å². The number of aliphatic carboxylic acids is 2. The van der Waals surface area contributed by atoms with Gasteiger partial charge in [0.15, 0.2) is 6.29 Å². The first-order chi connectivity index (χ1) is 14.2. The molecule has 0 spiro atoms. The van der Waals surface area contributed by atoms with Crippen LogP contribution in [0.5, 0.6) is 0 Å². The van der Waals surface area contributed by atoms with Gasteiger partial charge in [0.1, 0.15) is 36.8 Å². The molecule has 0 aliphatic carbocycles. The van der Waals surface area contributed by atoms with E-state index in [2.05, 4.69) is 4.74 Å². The zero-order valence-electron chi connectivity index (χ0n) is 19.4. The van der Waals surface area contributed by atoms with Gasteiger partial charge in [-0.2, -0.15) is 0 Å². The molecule has 0 saturated heterocycles. The number of carboxylic acid groups (broad SMARTS) is 2. The summed E-state index contributed by atoms with van der Waals surface area (Å²) in [5, 5.41) is 39.0. The summed E-state index contributed by atoms with van der Waals surface area (Å²) in [5.74, 6) is -3.06. The van der Waals surface area contributed by atoms with Crippen molar-refractivity contribution in [2.24, 2.45) is 0 Å². The second-order valence-corrected chi connectivity index (χ2v) is 5.84. The van der Waals surface area contributed by atoms with E-state index in [4.69, 9.17) is 24.4 Å². The number of carbonyl (C=O) groups is 4. The number of rotatable bonds is 16. The van der Waals surface area contributed by atoms with E-state index in [9.17, 15) is 29.4 Å². The summed E-state index contributed by atoms with van der Waals surface area (Å²) in [6.07, 6.45) is -5.17. The number of aliphatic hydroxyl groups excluding tert-OH is 2. The molecule has 0 bridgehead atoms. The number of aliphatic hydroxyl groups is 2. The Morgan fingerprint density at radius 3 is 1.62 bits per heavy atom. The summed E-state index contributed by atoms with van der Waals surface area (Å²) in [6, 6.07) is 0. The fourth-order valence-electron chi connectivity index (χ4n) is 1.99. The third kappa shape index (κ3) is 15.8. The van der Waals surface area contributed by atoms with Crippen molar-refractivity contribution in [3.8, 4) is 0 Å².